The Kier molecular flexibility index (Phi) is 3.78. The Hall–Kier alpha value is -1.09. The molecule has 0 spiro atoms. The molecule has 0 aliphatic heterocycles. The third kappa shape index (κ3) is 2.73. The van der Waals surface area contributed by atoms with E-state index in [0.29, 0.717) is 5.92 Å². The minimum Gasteiger partial charge on any atom is -0.393 e. The number of nitrogens with zero attached hydrogens (tertiary/aromatic N) is 1. The van der Waals surface area contributed by atoms with Crippen LogP contribution in [0.2, 0.25) is 0 Å². The van der Waals surface area contributed by atoms with Crippen LogP contribution >= 0.6 is 0 Å². The van der Waals surface area contributed by atoms with Gasteiger partial charge in [-0.05, 0) is 31.4 Å². The summed E-state index contributed by atoms with van der Waals surface area (Å²) in [6.07, 6.45) is 8.06. The third-order valence-corrected chi connectivity index (χ3v) is 3.44. The third-order valence-electron chi connectivity index (χ3n) is 3.44. The molecule has 0 bridgehead atoms. The fourth-order valence-corrected chi connectivity index (χ4v) is 2.34. The predicted molar refractivity (Wildman–Crippen MR) is 65.4 cm³/mol. The van der Waals surface area contributed by atoms with Crippen LogP contribution in [0.15, 0.2) is 18.5 Å². The lowest BCUT2D eigenvalue weighted by molar-refractivity contribution is 0.0763. The zero-order valence-electron chi connectivity index (χ0n) is 9.82. The molecule has 1 aromatic heterocycles. The van der Waals surface area contributed by atoms with E-state index in [4.69, 9.17) is 0 Å². The Balaban J connectivity index is 1.89. The Morgan fingerprint density at radius 1 is 1.44 bits per heavy atom. The summed E-state index contributed by atoms with van der Waals surface area (Å²) in [6, 6.07) is 1.99. The highest BCUT2D eigenvalue weighted by Crippen LogP contribution is 2.25. The van der Waals surface area contributed by atoms with E-state index >= 15 is 0 Å². The average molecular weight is 220 g/mol. The highest BCUT2D eigenvalue weighted by atomic mass is 16.3. The number of pyridine rings is 1. The smallest absolute Gasteiger partial charge is 0.0585 e. The minimum absolute atomic E-state index is 0.122. The lowest BCUT2D eigenvalue weighted by Gasteiger charge is -2.28. The molecular formula is C13H20N2O. The molecule has 0 radical (unpaired) electrons. The number of hydrogen-bond acceptors (Lipinski definition) is 3. The van der Waals surface area contributed by atoms with Crippen LogP contribution in [0.25, 0.3) is 0 Å². The van der Waals surface area contributed by atoms with Gasteiger partial charge in [0.05, 0.1) is 6.10 Å². The number of aryl methyl sites for hydroxylation is 1. The molecule has 3 heteroatoms. The second kappa shape index (κ2) is 5.30. The molecule has 16 heavy (non-hydrogen) atoms. The Morgan fingerprint density at radius 2 is 2.25 bits per heavy atom. The SMILES string of the molecule is Cc1cnccc1NCC1CCCCC1O. The number of aromatic nitrogens is 1. The number of rotatable bonds is 3. The van der Waals surface area contributed by atoms with Crippen LogP contribution in [0.1, 0.15) is 31.2 Å². The molecule has 0 saturated heterocycles. The van der Waals surface area contributed by atoms with Crippen molar-refractivity contribution in [3.05, 3.63) is 24.0 Å². The van der Waals surface area contributed by atoms with Crippen LogP contribution in [0.3, 0.4) is 0 Å². The van der Waals surface area contributed by atoms with Gasteiger partial charge >= 0.3 is 0 Å². The van der Waals surface area contributed by atoms with Crippen LogP contribution in [0.4, 0.5) is 5.69 Å². The molecule has 88 valence electrons. The summed E-state index contributed by atoms with van der Waals surface area (Å²) in [7, 11) is 0. The number of nitrogens with one attached hydrogen (secondary N) is 1. The van der Waals surface area contributed by atoms with Crippen LogP contribution in [0.5, 0.6) is 0 Å². The van der Waals surface area contributed by atoms with E-state index in [-0.39, 0.29) is 6.10 Å². The second-order valence-electron chi connectivity index (χ2n) is 4.68. The molecule has 1 aromatic rings. The summed E-state index contributed by atoms with van der Waals surface area (Å²) in [5, 5.41) is 13.3. The molecule has 2 atom stereocenters. The van der Waals surface area contributed by atoms with Crippen LogP contribution in [-0.4, -0.2) is 22.7 Å². The fourth-order valence-electron chi connectivity index (χ4n) is 2.34. The monoisotopic (exact) mass is 220 g/mol. The molecule has 1 aliphatic rings. The van der Waals surface area contributed by atoms with Crippen molar-refractivity contribution in [1.82, 2.24) is 4.98 Å². The molecule has 1 heterocycles. The fraction of sp³-hybridized carbons (Fsp3) is 0.615. The Morgan fingerprint density at radius 3 is 3.00 bits per heavy atom. The van der Waals surface area contributed by atoms with E-state index in [0.717, 1.165) is 30.6 Å². The van der Waals surface area contributed by atoms with Gasteiger partial charge in [0.25, 0.3) is 0 Å². The number of aliphatic hydroxyl groups excluding tert-OH is 1. The predicted octanol–water partition coefficient (Wildman–Crippen LogP) is 2.35. The quantitative estimate of drug-likeness (QED) is 0.822. The Labute approximate surface area is 96.9 Å². The van der Waals surface area contributed by atoms with Gasteiger partial charge in [-0.1, -0.05) is 12.8 Å². The first-order valence-electron chi connectivity index (χ1n) is 6.10. The lowest BCUT2D eigenvalue weighted by atomic mass is 9.86. The summed E-state index contributed by atoms with van der Waals surface area (Å²) < 4.78 is 0. The molecule has 2 N–H and O–H groups in total. The summed E-state index contributed by atoms with van der Waals surface area (Å²) in [5.74, 6) is 0.404. The van der Waals surface area contributed by atoms with Crippen molar-refractivity contribution < 1.29 is 5.11 Å². The molecule has 1 fully saturated rings. The largest absolute Gasteiger partial charge is 0.393 e. The van der Waals surface area contributed by atoms with Gasteiger partial charge in [0.2, 0.25) is 0 Å². The Bertz CT molecular complexity index is 340. The van der Waals surface area contributed by atoms with Crippen molar-refractivity contribution in [3.8, 4) is 0 Å². The minimum atomic E-state index is -0.122. The first-order valence-corrected chi connectivity index (χ1v) is 6.10. The van der Waals surface area contributed by atoms with Crippen molar-refractivity contribution in [3.63, 3.8) is 0 Å². The highest BCUT2D eigenvalue weighted by molar-refractivity contribution is 5.48. The van der Waals surface area contributed by atoms with Crippen molar-refractivity contribution in [2.45, 2.75) is 38.7 Å². The molecular weight excluding hydrogens is 200 g/mol. The summed E-state index contributed by atoms with van der Waals surface area (Å²) in [5.41, 5.74) is 2.29. The van der Waals surface area contributed by atoms with Gasteiger partial charge in [0.1, 0.15) is 0 Å². The van der Waals surface area contributed by atoms with Gasteiger partial charge in [0.15, 0.2) is 0 Å². The van der Waals surface area contributed by atoms with E-state index in [9.17, 15) is 5.11 Å². The van der Waals surface area contributed by atoms with Crippen LogP contribution in [0, 0.1) is 12.8 Å². The van der Waals surface area contributed by atoms with Gasteiger partial charge in [-0.2, -0.15) is 0 Å². The average Bonchev–Trinajstić information content (AvgIpc) is 2.30. The summed E-state index contributed by atoms with van der Waals surface area (Å²) in [6.45, 7) is 2.92. The standard InChI is InChI=1S/C13H20N2O/c1-10-8-14-7-6-12(10)15-9-11-4-2-3-5-13(11)16/h6-8,11,13,16H,2-5,9H2,1H3,(H,14,15). The molecule has 0 amide bonds. The maximum absolute atomic E-state index is 9.86. The van der Waals surface area contributed by atoms with E-state index < -0.39 is 0 Å². The second-order valence-corrected chi connectivity index (χ2v) is 4.68. The molecule has 2 rings (SSSR count). The normalized spacial score (nSPS) is 25.4. The highest BCUT2D eigenvalue weighted by Gasteiger charge is 2.22. The lowest BCUT2D eigenvalue weighted by Crippen LogP contribution is -2.30. The number of aliphatic hydroxyl groups is 1. The van der Waals surface area contributed by atoms with Crippen LogP contribution in [-0.2, 0) is 0 Å². The van der Waals surface area contributed by atoms with E-state index in [1.165, 1.54) is 12.8 Å². The van der Waals surface area contributed by atoms with Crippen molar-refractivity contribution in [2.24, 2.45) is 5.92 Å². The van der Waals surface area contributed by atoms with Gasteiger partial charge in [-0.3, -0.25) is 4.98 Å². The molecule has 0 aromatic carbocycles. The molecule has 1 saturated carbocycles. The maximum Gasteiger partial charge on any atom is 0.0585 e. The van der Waals surface area contributed by atoms with E-state index in [1.807, 2.05) is 19.2 Å². The van der Waals surface area contributed by atoms with E-state index in [2.05, 4.69) is 10.3 Å². The van der Waals surface area contributed by atoms with Gasteiger partial charge in [-0.25, -0.2) is 0 Å². The summed E-state index contributed by atoms with van der Waals surface area (Å²) in [4.78, 5) is 4.07. The van der Waals surface area contributed by atoms with Crippen molar-refractivity contribution in [1.29, 1.82) is 0 Å². The van der Waals surface area contributed by atoms with Gasteiger partial charge < -0.3 is 10.4 Å². The maximum atomic E-state index is 9.86. The van der Waals surface area contributed by atoms with Gasteiger partial charge in [0, 0.05) is 30.5 Å². The molecule has 3 nitrogen and oxygen atoms in total. The van der Waals surface area contributed by atoms with Crippen LogP contribution < -0.4 is 5.32 Å². The zero-order valence-corrected chi connectivity index (χ0v) is 9.82. The van der Waals surface area contributed by atoms with Gasteiger partial charge in [-0.15, -0.1) is 0 Å². The first-order chi connectivity index (χ1) is 7.77. The van der Waals surface area contributed by atoms with E-state index in [1.54, 1.807) is 6.20 Å². The molecule has 2 unspecified atom stereocenters. The topological polar surface area (TPSA) is 45.2 Å². The number of hydrogen-bond donors (Lipinski definition) is 2. The first kappa shape index (κ1) is 11.4. The zero-order chi connectivity index (χ0) is 11.4. The number of anilines is 1. The summed E-state index contributed by atoms with van der Waals surface area (Å²) >= 11 is 0. The van der Waals surface area contributed by atoms with Crippen molar-refractivity contribution in [2.75, 3.05) is 11.9 Å². The molecule has 1 aliphatic carbocycles. The van der Waals surface area contributed by atoms with Crippen molar-refractivity contribution >= 4 is 5.69 Å².